The maximum Gasteiger partial charge on any atom is 0.144 e. The van der Waals surface area contributed by atoms with Crippen molar-refractivity contribution in [2.75, 3.05) is 0 Å². The lowest BCUT2D eigenvalue weighted by atomic mass is 10.4. The molecule has 1 rings (SSSR count). The van der Waals surface area contributed by atoms with Gasteiger partial charge in [0.2, 0.25) is 0 Å². The highest BCUT2D eigenvalue weighted by Crippen LogP contribution is 2.06. The molecule has 0 aromatic carbocycles. The Kier molecular flexibility index (Phi) is 1.76. The summed E-state index contributed by atoms with van der Waals surface area (Å²) >= 11 is 0. The summed E-state index contributed by atoms with van der Waals surface area (Å²) in [5.74, 6) is 0. The maximum atomic E-state index is 9.12. The van der Waals surface area contributed by atoms with Gasteiger partial charge in [0.1, 0.15) is 6.23 Å². The van der Waals surface area contributed by atoms with Crippen molar-refractivity contribution in [2.24, 2.45) is 0 Å². The van der Waals surface area contributed by atoms with Gasteiger partial charge in [-0.25, -0.2) is 4.68 Å². The molecule has 0 bridgehead atoms. The molecule has 0 aliphatic heterocycles. The van der Waals surface area contributed by atoms with Crippen molar-refractivity contribution < 1.29 is 5.11 Å². The van der Waals surface area contributed by atoms with Crippen LogP contribution in [0.4, 0.5) is 0 Å². The number of aliphatic hydroxyl groups is 1. The summed E-state index contributed by atoms with van der Waals surface area (Å²) < 4.78 is 1.59. The summed E-state index contributed by atoms with van der Waals surface area (Å²) in [7, 11) is 0. The van der Waals surface area contributed by atoms with E-state index in [0.29, 0.717) is 0 Å². The summed E-state index contributed by atoms with van der Waals surface area (Å²) in [5, 5.41) is 13.2. The van der Waals surface area contributed by atoms with Crippen LogP contribution in [-0.4, -0.2) is 14.9 Å². The normalized spacial score (nSPS) is 13.6. The summed E-state index contributed by atoms with van der Waals surface area (Å²) in [6.07, 6.45) is -0.520. The SMILES string of the molecule is Cc1cc(C)n(C(C)O)n1. The first-order valence-electron chi connectivity index (χ1n) is 3.32. The number of nitrogens with zero attached hydrogens (tertiary/aromatic N) is 2. The zero-order valence-electron chi connectivity index (χ0n) is 6.50. The Balaban J connectivity index is 3.03. The van der Waals surface area contributed by atoms with Crippen molar-refractivity contribution in [1.82, 2.24) is 9.78 Å². The minimum atomic E-state index is -0.520. The van der Waals surface area contributed by atoms with Gasteiger partial charge >= 0.3 is 0 Å². The van der Waals surface area contributed by atoms with E-state index in [9.17, 15) is 0 Å². The Hall–Kier alpha value is -0.830. The third-order valence-corrected chi connectivity index (χ3v) is 1.40. The van der Waals surface area contributed by atoms with Crippen LogP contribution in [0, 0.1) is 13.8 Å². The molecule has 0 fully saturated rings. The minimum absolute atomic E-state index is 0.520. The minimum Gasteiger partial charge on any atom is -0.372 e. The number of hydrogen-bond donors (Lipinski definition) is 1. The van der Waals surface area contributed by atoms with E-state index in [1.807, 2.05) is 19.9 Å². The molecule has 1 atom stereocenters. The lowest BCUT2D eigenvalue weighted by Gasteiger charge is -2.05. The van der Waals surface area contributed by atoms with Crippen molar-refractivity contribution in [2.45, 2.75) is 27.0 Å². The van der Waals surface area contributed by atoms with Gasteiger partial charge in [-0.2, -0.15) is 5.10 Å². The Morgan fingerprint density at radius 3 is 2.40 bits per heavy atom. The maximum absolute atomic E-state index is 9.12. The Bertz CT molecular complexity index is 228. The molecule has 0 spiro atoms. The summed E-state index contributed by atoms with van der Waals surface area (Å²) in [5.41, 5.74) is 1.94. The second-order valence-electron chi connectivity index (χ2n) is 2.50. The van der Waals surface area contributed by atoms with E-state index < -0.39 is 6.23 Å². The van der Waals surface area contributed by atoms with Crippen molar-refractivity contribution >= 4 is 0 Å². The molecule has 56 valence electrons. The molecule has 1 N–H and O–H groups in total. The van der Waals surface area contributed by atoms with Gasteiger partial charge in [-0.3, -0.25) is 0 Å². The number of hydrogen-bond acceptors (Lipinski definition) is 2. The fourth-order valence-corrected chi connectivity index (χ4v) is 1.02. The van der Waals surface area contributed by atoms with Crippen LogP contribution in [0.3, 0.4) is 0 Å². The summed E-state index contributed by atoms with van der Waals surface area (Å²) in [6, 6.07) is 1.94. The van der Waals surface area contributed by atoms with Crippen molar-refractivity contribution in [1.29, 1.82) is 0 Å². The van der Waals surface area contributed by atoms with E-state index in [1.165, 1.54) is 0 Å². The van der Waals surface area contributed by atoms with Crippen molar-refractivity contribution in [3.8, 4) is 0 Å². The first kappa shape index (κ1) is 7.28. The van der Waals surface area contributed by atoms with E-state index in [-0.39, 0.29) is 0 Å². The average Bonchev–Trinajstić information content (AvgIpc) is 2.10. The second-order valence-corrected chi connectivity index (χ2v) is 2.50. The fourth-order valence-electron chi connectivity index (χ4n) is 1.02. The first-order chi connectivity index (χ1) is 4.61. The largest absolute Gasteiger partial charge is 0.372 e. The molecular formula is C7H12N2O. The Morgan fingerprint density at radius 2 is 2.20 bits per heavy atom. The van der Waals surface area contributed by atoms with Crippen LogP contribution in [0.2, 0.25) is 0 Å². The summed E-state index contributed by atoms with van der Waals surface area (Å²) in [6.45, 7) is 5.53. The van der Waals surface area contributed by atoms with Gasteiger partial charge in [0.05, 0.1) is 5.69 Å². The second kappa shape index (κ2) is 2.42. The highest BCUT2D eigenvalue weighted by atomic mass is 16.3. The molecule has 1 aromatic heterocycles. The number of aliphatic hydroxyl groups excluding tert-OH is 1. The van der Waals surface area contributed by atoms with Gasteiger partial charge in [0, 0.05) is 5.69 Å². The molecule has 3 heteroatoms. The third kappa shape index (κ3) is 1.19. The smallest absolute Gasteiger partial charge is 0.144 e. The molecule has 1 heterocycles. The molecule has 1 aromatic rings. The molecule has 10 heavy (non-hydrogen) atoms. The highest BCUT2D eigenvalue weighted by molar-refractivity contribution is 5.06. The molecule has 0 saturated heterocycles. The Labute approximate surface area is 60.3 Å². The lowest BCUT2D eigenvalue weighted by Crippen LogP contribution is -2.07. The number of rotatable bonds is 1. The molecule has 3 nitrogen and oxygen atoms in total. The quantitative estimate of drug-likeness (QED) is 0.632. The predicted molar refractivity (Wildman–Crippen MR) is 38.6 cm³/mol. The van der Waals surface area contributed by atoms with Crippen molar-refractivity contribution in [3.05, 3.63) is 17.5 Å². The molecular weight excluding hydrogens is 128 g/mol. The zero-order chi connectivity index (χ0) is 7.72. The average molecular weight is 140 g/mol. The van der Waals surface area contributed by atoms with Crippen LogP contribution in [0.1, 0.15) is 24.5 Å². The standard InChI is InChI=1S/C7H12N2O/c1-5-4-6(2)9(8-5)7(3)10/h4,7,10H,1-3H3. The van der Waals surface area contributed by atoms with E-state index in [4.69, 9.17) is 5.11 Å². The molecule has 1 unspecified atom stereocenters. The van der Waals surface area contributed by atoms with Gasteiger partial charge < -0.3 is 5.11 Å². The van der Waals surface area contributed by atoms with Gasteiger partial charge in [-0.1, -0.05) is 0 Å². The third-order valence-electron chi connectivity index (χ3n) is 1.40. The number of aryl methyl sites for hydroxylation is 2. The first-order valence-corrected chi connectivity index (χ1v) is 3.32. The molecule has 0 amide bonds. The van der Waals surface area contributed by atoms with Crippen LogP contribution in [0.5, 0.6) is 0 Å². The van der Waals surface area contributed by atoms with Gasteiger partial charge in [0.15, 0.2) is 0 Å². The van der Waals surface area contributed by atoms with E-state index in [1.54, 1.807) is 11.6 Å². The lowest BCUT2D eigenvalue weighted by molar-refractivity contribution is 0.108. The van der Waals surface area contributed by atoms with Crippen LogP contribution < -0.4 is 0 Å². The topological polar surface area (TPSA) is 38.0 Å². The van der Waals surface area contributed by atoms with Crippen LogP contribution >= 0.6 is 0 Å². The van der Waals surface area contributed by atoms with Crippen LogP contribution in [0.15, 0.2) is 6.07 Å². The zero-order valence-corrected chi connectivity index (χ0v) is 6.50. The van der Waals surface area contributed by atoms with Crippen LogP contribution in [0.25, 0.3) is 0 Å². The Morgan fingerprint density at radius 1 is 1.60 bits per heavy atom. The molecule has 0 aliphatic rings. The fraction of sp³-hybridized carbons (Fsp3) is 0.571. The molecule has 0 saturated carbocycles. The van der Waals surface area contributed by atoms with E-state index in [0.717, 1.165) is 11.4 Å². The predicted octanol–water partition coefficient (Wildman–Crippen LogP) is 1.01. The van der Waals surface area contributed by atoms with Gasteiger partial charge in [-0.15, -0.1) is 0 Å². The van der Waals surface area contributed by atoms with Gasteiger partial charge in [-0.05, 0) is 26.8 Å². The molecule has 0 aliphatic carbocycles. The van der Waals surface area contributed by atoms with Gasteiger partial charge in [0.25, 0.3) is 0 Å². The van der Waals surface area contributed by atoms with E-state index in [2.05, 4.69) is 5.10 Å². The number of aromatic nitrogens is 2. The highest BCUT2D eigenvalue weighted by Gasteiger charge is 2.03. The van der Waals surface area contributed by atoms with E-state index >= 15 is 0 Å². The monoisotopic (exact) mass is 140 g/mol. The summed E-state index contributed by atoms with van der Waals surface area (Å²) in [4.78, 5) is 0. The van der Waals surface area contributed by atoms with Crippen LogP contribution in [-0.2, 0) is 0 Å². The molecule has 0 radical (unpaired) electrons. The van der Waals surface area contributed by atoms with Crippen molar-refractivity contribution in [3.63, 3.8) is 0 Å².